The van der Waals surface area contributed by atoms with Crippen molar-refractivity contribution >= 4 is 18.5 Å². The number of hydrogen-bond donors (Lipinski definition) is 2. The molecule has 1 fully saturated rings. The lowest BCUT2D eigenvalue weighted by Gasteiger charge is -2.32. The number of ether oxygens (including phenoxy) is 6. The summed E-state index contributed by atoms with van der Waals surface area (Å²) in [4.78, 5) is 15.6. The third kappa shape index (κ3) is 7.30. The molecule has 3 aromatic rings. The molecule has 1 aliphatic rings. The Labute approximate surface area is 233 Å². The van der Waals surface area contributed by atoms with Gasteiger partial charge in [0.15, 0.2) is 36.7 Å². The molecule has 0 radical (unpaired) electrons. The first-order valence-corrected chi connectivity index (χ1v) is 12.9. The van der Waals surface area contributed by atoms with Gasteiger partial charge >= 0.3 is 0 Å². The zero-order valence-corrected chi connectivity index (χ0v) is 22.7. The van der Waals surface area contributed by atoms with E-state index in [-0.39, 0.29) is 32.8 Å². The van der Waals surface area contributed by atoms with Crippen molar-refractivity contribution in [2.75, 3.05) is 34.4 Å². The largest absolute Gasteiger partial charge is 0.464 e. The second-order valence-corrected chi connectivity index (χ2v) is 9.24. The molecule has 0 unspecified atom stereocenters. The van der Waals surface area contributed by atoms with E-state index in [9.17, 15) is 9.90 Å². The van der Waals surface area contributed by atoms with E-state index in [4.69, 9.17) is 28.4 Å². The van der Waals surface area contributed by atoms with Gasteiger partial charge in [0, 0.05) is 14.2 Å². The molecule has 1 aliphatic heterocycles. The first-order chi connectivity index (χ1) is 19.0. The maximum Gasteiger partial charge on any atom is 0.258 e. The summed E-state index contributed by atoms with van der Waals surface area (Å²) in [5.74, 6) is 0.257. The van der Waals surface area contributed by atoms with Gasteiger partial charge in [-0.2, -0.15) is 0 Å². The van der Waals surface area contributed by atoms with Gasteiger partial charge in [-0.1, -0.05) is 66.7 Å². The Balaban J connectivity index is 1.65. The van der Waals surface area contributed by atoms with Crippen LogP contribution in [0.3, 0.4) is 0 Å². The molecular formula is C29H33NO8S. The van der Waals surface area contributed by atoms with Crippen molar-refractivity contribution < 1.29 is 38.3 Å². The number of thiol groups is 1. The van der Waals surface area contributed by atoms with Crippen molar-refractivity contribution in [1.29, 1.82) is 0 Å². The lowest BCUT2D eigenvalue weighted by atomic mass is 10.0. The molecule has 9 nitrogen and oxygen atoms in total. The van der Waals surface area contributed by atoms with Crippen LogP contribution in [0.4, 0.5) is 0 Å². The van der Waals surface area contributed by atoms with E-state index in [1.807, 2.05) is 60.7 Å². The Hall–Kier alpha value is -3.12. The Morgan fingerprint density at radius 1 is 0.974 bits per heavy atom. The number of carbonyl (C=O) groups is 1. The van der Waals surface area contributed by atoms with Gasteiger partial charge in [-0.3, -0.25) is 9.69 Å². The topological polar surface area (TPSA) is 95.9 Å². The van der Waals surface area contributed by atoms with Gasteiger partial charge in [-0.15, -0.1) is 12.6 Å². The number of aliphatic hydroxyl groups is 1. The molecule has 0 spiro atoms. The van der Waals surface area contributed by atoms with Gasteiger partial charge in [-0.25, -0.2) is 0 Å². The van der Waals surface area contributed by atoms with Crippen molar-refractivity contribution in [3.63, 3.8) is 0 Å². The molecule has 208 valence electrons. The number of carbonyl (C=O) groups excluding carboxylic acids is 1. The molecule has 0 saturated carbocycles. The summed E-state index contributed by atoms with van der Waals surface area (Å²) < 4.78 is 33.1. The van der Waals surface area contributed by atoms with Crippen LogP contribution in [-0.2, 0) is 30.3 Å². The number of benzene rings is 3. The smallest absolute Gasteiger partial charge is 0.258 e. The van der Waals surface area contributed by atoms with Crippen LogP contribution in [0.2, 0.25) is 0 Å². The summed E-state index contributed by atoms with van der Waals surface area (Å²) in [5.41, 5.74) is 1.34. The first kappa shape index (κ1) is 28.9. The summed E-state index contributed by atoms with van der Waals surface area (Å²) in [6, 6.07) is 23.5. The molecule has 1 amide bonds. The maximum atomic E-state index is 14.1. The summed E-state index contributed by atoms with van der Waals surface area (Å²) in [6.07, 6.45) is -2.62. The molecule has 1 heterocycles. The quantitative estimate of drug-likeness (QED) is 0.241. The van der Waals surface area contributed by atoms with Crippen LogP contribution in [0, 0.1) is 0 Å². The highest BCUT2D eigenvalue weighted by atomic mass is 32.1. The van der Waals surface area contributed by atoms with Crippen LogP contribution in [-0.4, -0.2) is 62.0 Å². The Bertz CT molecular complexity index is 1180. The second-order valence-electron chi connectivity index (χ2n) is 8.80. The molecule has 4 rings (SSSR count). The number of amides is 1. The van der Waals surface area contributed by atoms with E-state index in [1.54, 1.807) is 18.2 Å². The monoisotopic (exact) mass is 555 g/mol. The first-order valence-electron chi connectivity index (χ1n) is 12.4. The third-order valence-corrected chi connectivity index (χ3v) is 6.59. The predicted octanol–water partition coefficient (Wildman–Crippen LogP) is 4.08. The predicted molar refractivity (Wildman–Crippen MR) is 146 cm³/mol. The molecule has 0 aromatic heterocycles. The summed E-state index contributed by atoms with van der Waals surface area (Å²) >= 11 is 4.51. The van der Waals surface area contributed by atoms with Gasteiger partial charge in [0.25, 0.3) is 5.91 Å². The average Bonchev–Trinajstić information content (AvgIpc) is 3.37. The molecule has 1 N–H and O–H groups in total. The van der Waals surface area contributed by atoms with Crippen molar-refractivity contribution in [1.82, 2.24) is 4.90 Å². The number of hydrogen-bond acceptors (Lipinski definition) is 9. The zero-order valence-electron chi connectivity index (χ0n) is 21.8. The van der Waals surface area contributed by atoms with E-state index in [0.717, 1.165) is 11.1 Å². The summed E-state index contributed by atoms with van der Waals surface area (Å²) in [6.45, 7) is 0.344. The third-order valence-electron chi connectivity index (χ3n) is 6.19. The molecule has 0 aliphatic carbocycles. The highest BCUT2D eigenvalue weighted by Gasteiger charge is 2.43. The standard InChI is InChI=1S/C29H33NO8S/c1-33-18-37-24-14-13-22(15-25(24)38-19-34-2)26(31)27(35-16-20-9-5-3-6-10-20)28(32)30-23(17-36-29(30)39)21-11-7-4-8-12-21/h3-15,23,26-27,29,31,39H,16-19H2,1-2H3/t23-,26-,27+,29+/m1/s1. The van der Waals surface area contributed by atoms with E-state index >= 15 is 0 Å². The molecule has 39 heavy (non-hydrogen) atoms. The minimum absolute atomic E-state index is 0.00566. The molecule has 0 bridgehead atoms. The van der Waals surface area contributed by atoms with Crippen LogP contribution in [0.5, 0.6) is 11.5 Å². The van der Waals surface area contributed by atoms with Crippen molar-refractivity contribution in [3.05, 3.63) is 95.6 Å². The van der Waals surface area contributed by atoms with Gasteiger partial charge in [0.1, 0.15) is 6.10 Å². The Morgan fingerprint density at radius 2 is 1.62 bits per heavy atom. The number of rotatable bonds is 13. The van der Waals surface area contributed by atoms with E-state index < -0.39 is 23.7 Å². The van der Waals surface area contributed by atoms with Crippen LogP contribution in [0.1, 0.15) is 28.8 Å². The maximum absolute atomic E-state index is 14.1. The fourth-order valence-electron chi connectivity index (χ4n) is 4.25. The van der Waals surface area contributed by atoms with Crippen LogP contribution < -0.4 is 9.47 Å². The van der Waals surface area contributed by atoms with Crippen molar-refractivity contribution in [3.8, 4) is 11.5 Å². The lowest BCUT2D eigenvalue weighted by Crippen LogP contribution is -2.45. The zero-order chi connectivity index (χ0) is 27.6. The molecule has 4 atom stereocenters. The normalized spacial score (nSPS) is 18.5. The number of aliphatic hydroxyl groups excluding tert-OH is 1. The van der Waals surface area contributed by atoms with Gasteiger partial charge in [0.05, 0.1) is 19.3 Å². The Kier molecular flexibility index (Phi) is 10.6. The molecule has 3 aromatic carbocycles. The summed E-state index contributed by atoms with van der Waals surface area (Å²) in [5, 5.41) is 11.6. The van der Waals surface area contributed by atoms with Gasteiger partial charge in [0.2, 0.25) is 0 Å². The second kappa shape index (κ2) is 14.3. The summed E-state index contributed by atoms with van der Waals surface area (Å²) in [7, 11) is 3.00. The number of nitrogens with zero attached hydrogens (tertiary/aromatic N) is 1. The minimum Gasteiger partial charge on any atom is -0.464 e. The fraction of sp³-hybridized carbons (Fsp3) is 0.345. The van der Waals surface area contributed by atoms with E-state index in [1.165, 1.54) is 19.1 Å². The highest BCUT2D eigenvalue weighted by molar-refractivity contribution is 7.80. The van der Waals surface area contributed by atoms with Gasteiger partial charge in [-0.05, 0) is 28.8 Å². The molecular weight excluding hydrogens is 522 g/mol. The van der Waals surface area contributed by atoms with Crippen LogP contribution in [0.15, 0.2) is 78.9 Å². The number of methoxy groups -OCH3 is 2. The lowest BCUT2D eigenvalue weighted by molar-refractivity contribution is -0.157. The average molecular weight is 556 g/mol. The molecule has 1 saturated heterocycles. The minimum atomic E-state index is -1.35. The van der Waals surface area contributed by atoms with Gasteiger partial charge < -0.3 is 33.5 Å². The van der Waals surface area contributed by atoms with Crippen molar-refractivity contribution in [2.45, 2.75) is 30.4 Å². The van der Waals surface area contributed by atoms with Crippen molar-refractivity contribution in [2.24, 2.45) is 0 Å². The van der Waals surface area contributed by atoms with Crippen LogP contribution >= 0.6 is 12.6 Å². The Morgan fingerprint density at radius 3 is 2.28 bits per heavy atom. The van der Waals surface area contributed by atoms with Crippen LogP contribution in [0.25, 0.3) is 0 Å². The fourth-order valence-corrected chi connectivity index (χ4v) is 4.61. The van der Waals surface area contributed by atoms with E-state index in [0.29, 0.717) is 17.1 Å². The molecule has 10 heteroatoms. The highest BCUT2D eigenvalue weighted by Crippen LogP contribution is 2.37. The SMILES string of the molecule is COCOc1ccc([C@@H](O)[C@H](OCc2ccccc2)C(=O)N2[C@H](S)OC[C@@H]2c2ccccc2)cc1OCOC. The van der Waals surface area contributed by atoms with E-state index in [2.05, 4.69) is 12.6 Å².